The van der Waals surface area contributed by atoms with Crippen LogP contribution in [0.4, 0.5) is 4.79 Å². The first kappa shape index (κ1) is 13.2. The largest absolute Gasteiger partial charge is 0.465 e. The molecule has 0 aliphatic carbocycles. The lowest BCUT2D eigenvalue weighted by Gasteiger charge is -2.39. The molecule has 0 fully saturated rings. The highest BCUT2D eigenvalue weighted by Gasteiger charge is 2.33. The Morgan fingerprint density at radius 2 is 1.86 bits per heavy atom. The second kappa shape index (κ2) is 4.64. The van der Waals surface area contributed by atoms with Crippen LogP contribution in [0.15, 0.2) is 0 Å². The van der Waals surface area contributed by atoms with Gasteiger partial charge in [-0.2, -0.15) is 0 Å². The number of amides is 1. The van der Waals surface area contributed by atoms with Crippen LogP contribution in [0.2, 0.25) is 0 Å². The fourth-order valence-electron chi connectivity index (χ4n) is 1.59. The van der Waals surface area contributed by atoms with E-state index in [4.69, 9.17) is 5.11 Å². The molecule has 2 atom stereocenters. The minimum absolute atomic E-state index is 0.377. The van der Waals surface area contributed by atoms with E-state index in [1.165, 1.54) is 4.90 Å². The van der Waals surface area contributed by atoms with Crippen molar-refractivity contribution in [2.75, 3.05) is 0 Å². The predicted molar refractivity (Wildman–Crippen MR) is 55.4 cm³/mol. The van der Waals surface area contributed by atoms with Gasteiger partial charge in [-0.05, 0) is 34.1 Å². The molecular weight excluding hydrogens is 182 g/mol. The normalized spacial score (nSPS) is 16.1. The van der Waals surface area contributed by atoms with Crippen molar-refractivity contribution >= 4 is 6.09 Å². The first-order valence-electron chi connectivity index (χ1n) is 4.92. The van der Waals surface area contributed by atoms with Crippen LogP contribution in [-0.2, 0) is 0 Å². The third-order valence-corrected chi connectivity index (χ3v) is 2.31. The van der Waals surface area contributed by atoms with E-state index in [1.54, 1.807) is 6.92 Å². The summed E-state index contributed by atoms with van der Waals surface area (Å²) >= 11 is 0. The van der Waals surface area contributed by atoms with Gasteiger partial charge >= 0.3 is 6.09 Å². The zero-order chi connectivity index (χ0) is 11.5. The van der Waals surface area contributed by atoms with Gasteiger partial charge in [-0.1, -0.05) is 6.92 Å². The van der Waals surface area contributed by atoms with E-state index >= 15 is 0 Å². The van der Waals surface area contributed by atoms with Gasteiger partial charge in [0, 0.05) is 5.54 Å². The van der Waals surface area contributed by atoms with Gasteiger partial charge in [0.25, 0.3) is 0 Å². The van der Waals surface area contributed by atoms with Gasteiger partial charge in [0.15, 0.2) is 0 Å². The summed E-state index contributed by atoms with van der Waals surface area (Å²) in [4.78, 5) is 12.3. The molecule has 0 aromatic heterocycles. The van der Waals surface area contributed by atoms with E-state index in [0.29, 0.717) is 6.42 Å². The average molecular weight is 203 g/mol. The summed E-state index contributed by atoms with van der Waals surface area (Å²) < 4.78 is 0. The molecule has 0 aromatic carbocycles. The van der Waals surface area contributed by atoms with Crippen LogP contribution >= 0.6 is 0 Å². The lowest BCUT2D eigenvalue weighted by molar-refractivity contribution is 0.0137. The molecule has 2 N–H and O–H groups in total. The Labute approximate surface area is 85.5 Å². The van der Waals surface area contributed by atoms with E-state index in [-0.39, 0.29) is 6.04 Å². The van der Waals surface area contributed by atoms with Crippen molar-refractivity contribution in [3.8, 4) is 0 Å². The fraction of sp³-hybridized carbons (Fsp3) is 0.900. The quantitative estimate of drug-likeness (QED) is 0.736. The number of aliphatic hydroxyl groups is 1. The Bertz CT molecular complexity index is 198. The maximum atomic E-state index is 11.0. The van der Waals surface area contributed by atoms with Gasteiger partial charge < -0.3 is 10.2 Å². The third kappa shape index (κ3) is 3.18. The lowest BCUT2D eigenvalue weighted by atomic mass is 10.0. The topological polar surface area (TPSA) is 60.8 Å². The summed E-state index contributed by atoms with van der Waals surface area (Å²) in [5.41, 5.74) is -0.485. The van der Waals surface area contributed by atoms with Gasteiger partial charge in [-0.25, -0.2) is 4.79 Å². The van der Waals surface area contributed by atoms with Crippen LogP contribution in [0, 0.1) is 0 Å². The van der Waals surface area contributed by atoms with Crippen molar-refractivity contribution in [3.05, 3.63) is 0 Å². The molecule has 0 radical (unpaired) electrons. The minimum Gasteiger partial charge on any atom is -0.465 e. The highest BCUT2D eigenvalue weighted by Crippen LogP contribution is 2.20. The second-order valence-corrected chi connectivity index (χ2v) is 4.54. The Morgan fingerprint density at radius 1 is 1.43 bits per heavy atom. The van der Waals surface area contributed by atoms with E-state index in [1.807, 2.05) is 27.7 Å². The molecule has 4 nitrogen and oxygen atoms in total. The summed E-state index contributed by atoms with van der Waals surface area (Å²) in [7, 11) is 0. The van der Waals surface area contributed by atoms with Crippen molar-refractivity contribution in [2.24, 2.45) is 0 Å². The van der Waals surface area contributed by atoms with Crippen LogP contribution < -0.4 is 0 Å². The zero-order valence-corrected chi connectivity index (χ0v) is 9.61. The molecule has 0 spiro atoms. The van der Waals surface area contributed by atoms with E-state index in [9.17, 15) is 9.90 Å². The number of hydrogen-bond donors (Lipinski definition) is 2. The molecule has 84 valence electrons. The molecule has 0 aliphatic rings. The van der Waals surface area contributed by atoms with Gasteiger partial charge in [0.05, 0.1) is 12.1 Å². The lowest BCUT2D eigenvalue weighted by Crippen LogP contribution is -2.54. The molecule has 1 unspecified atom stereocenters. The van der Waals surface area contributed by atoms with Gasteiger partial charge in [0.1, 0.15) is 0 Å². The fourth-order valence-corrected chi connectivity index (χ4v) is 1.59. The van der Waals surface area contributed by atoms with Gasteiger partial charge in [-0.15, -0.1) is 0 Å². The number of nitrogens with zero attached hydrogens (tertiary/aromatic N) is 1. The molecule has 0 rings (SSSR count). The van der Waals surface area contributed by atoms with Crippen molar-refractivity contribution in [1.82, 2.24) is 4.90 Å². The molecular formula is C10H21NO3. The average Bonchev–Trinajstić information content (AvgIpc) is 1.99. The van der Waals surface area contributed by atoms with Gasteiger partial charge in [0.2, 0.25) is 0 Å². The monoisotopic (exact) mass is 203 g/mol. The Morgan fingerprint density at radius 3 is 2.07 bits per heavy atom. The SMILES string of the molecule is CCC(O)[C@H](C)N(C(=O)O)C(C)(C)C. The Balaban J connectivity index is 4.76. The second-order valence-electron chi connectivity index (χ2n) is 4.54. The molecule has 0 aromatic rings. The molecule has 0 bridgehead atoms. The minimum atomic E-state index is -0.988. The number of rotatable bonds is 3. The van der Waals surface area contributed by atoms with Crippen molar-refractivity contribution < 1.29 is 15.0 Å². The summed E-state index contributed by atoms with van der Waals surface area (Å²) in [6, 6.07) is -0.377. The summed E-state index contributed by atoms with van der Waals surface area (Å²) in [5.74, 6) is 0. The first-order valence-corrected chi connectivity index (χ1v) is 4.92. The molecule has 0 aliphatic heterocycles. The third-order valence-electron chi connectivity index (χ3n) is 2.31. The Hall–Kier alpha value is -0.770. The smallest absolute Gasteiger partial charge is 0.408 e. The summed E-state index contributed by atoms with van der Waals surface area (Å²) in [6.45, 7) is 9.03. The van der Waals surface area contributed by atoms with E-state index in [2.05, 4.69) is 0 Å². The Kier molecular flexibility index (Phi) is 4.39. The maximum absolute atomic E-state index is 11.0. The molecule has 14 heavy (non-hydrogen) atoms. The summed E-state index contributed by atoms with van der Waals surface area (Å²) in [5, 5.41) is 18.6. The van der Waals surface area contributed by atoms with Crippen LogP contribution in [0.3, 0.4) is 0 Å². The van der Waals surface area contributed by atoms with Crippen LogP contribution in [-0.4, -0.2) is 38.9 Å². The van der Waals surface area contributed by atoms with Crippen LogP contribution in [0.1, 0.15) is 41.0 Å². The van der Waals surface area contributed by atoms with Crippen molar-refractivity contribution in [1.29, 1.82) is 0 Å². The maximum Gasteiger partial charge on any atom is 0.408 e. The van der Waals surface area contributed by atoms with E-state index < -0.39 is 17.7 Å². The highest BCUT2D eigenvalue weighted by molar-refractivity contribution is 5.66. The molecule has 0 heterocycles. The molecule has 4 heteroatoms. The predicted octanol–water partition coefficient (Wildman–Crippen LogP) is 1.92. The molecule has 0 saturated heterocycles. The molecule has 1 amide bonds. The number of hydrogen-bond acceptors (Lipinski definition) is 2. The zero-order valence-electron chi connectivity index (χ0n) is 9.61. The number of carboxylic acid groups (broad SMARTS) is 1. The number of aliphatic hydroxyl groups excluding tert-OH is 1. The van der Waals surface area contributed by atoms with Crippen LogP contribution in [0.5, 0.6) is 0 Å². The van der Waals surface area contributed by atoms with E-state index in [0.717, 1.165) is 0 Å². The molecule has 0 saturated carbocycles. The van der Waals surface area contributed by atoms with Gasteiger partial charge in [-0.3, -0.25) is 4.90 Å². The first-order chi connectivity index (χ1) is 6.21. The van der Waals surface area contributed by atoms with Crippen LogP contribution in [0.25, 0.3) is 0 Å². The number of carbonyl (C=O) groups is 1. The standard InChI is InChI=1S/C10H21NO3/c1-6-8(12)7(2)11(9(13)14)10(3,4)5/h7-8,12H,6H2,1-5H3,(H,13,14)/t7-,8?/m0/s1. The van der Waals surface area contributed by atoms with Crippen molar-refractivity contribution in [2.45, 2.75) is 58.7 Å². The highest BCUT2D eigenvalue weighted by atomic mass is 16.4. The van der Waals surface area contributed by atoms with Crippen molar-refractivity contribution in [3.63, 3.8) is 0 Å². The summed E-state index contributed by atoms with van der Waals surface area (Å²) in [6.07, 6.45) is -1.04.